The first kappa shape index (κ1) is 10.8. The van der Waals surface area contributed by atoms with Crippen LogP contribution in [0.3, 0.4) is 0 Å². The Balaban J connectivity index is 2.29. The molecule has 0 aromatic heterocycles. The van der Waals surface area contributed by atoms with Crippen LogP contribution in [0.25, 0.3) is 0 Å². The predicted molar refractivity (Wildman–Crippen MR) is 50.3 cm³/mol. The van der Waals surface area contributed by atoms with Gasteiger partial charge in [0, 0.05) is 13.1 Å². The minimum atomic E-state index is -0.580. The van der Waals surface area contributed by atoms with Gasteiger partial charge in [0.05, 0.1) is 19.8 Å². The van der Waals surface area contributed by atoms with Crippen LogP contribution in [-0.4, -0.2) is 49.9 Å². The maximum atomic E-state index is 11.0. The molecule has 0 unspecified atom stereocenters. The SMILES string of the molecule is CCOC(=O)NC(=N)N1CCOCC1. The normalized spacial score (nSPS) is 16.2. The Labute approximate surface area is 82.7 Å². The van der Waals surface area contributed by atoms with E-state index in [1.54, 1.807) is 11.8 Å². The lowest BCUT2D eigenvalue weighted by Gasteiger charge is -2.28. The van der Waals surface area contributed by atoms with E-state index in [-0.39, 0.29) is 5.96 Å². The Bertz CT molecular complexity index is 214. The van der Waals surface area contributed by atoms with Gasteiger partial charge in [-0.15, -0.1) is 0 Å². The van der Waals surface area contributed by atoms with Crippen LogP contribution in [-0.2, 0) is 9.47 Å². The molecule has 1 saturated heterocycles. The molecule has 1 rings (SSSR count). The molecular weight excluding hydrogens is 186 g/mol. The Hall–Kier alpha value is -1.30. The number of amides is 1. The van der Waals surface area contributed by atoms with Gasteiger partial charge in [-0.1, -0.05) is 0 Å². The Morgan fingerprint density at radius 3 is 2.79 bits per heavy atom. The number of hydrogen-bond donors (Lipinski definition) is 2. The van der Waals surface area contributed by atoms with E-state index in [9.17, 15) is 4.79 Å². The monoisotopic (exact) mass is 201 g/mol. The minimum absolute atomic E-state index is 0.0757. The third-order valence-corrected chi connectivity index (χ3v) is 1.82. The fraction of sp³-hybridized carbons (Fsp3) is 0.750. The number of carbonyl (C=O) groups is 1. The Morgan fingerprint density at radius 1 is 1.57 bits per heavy atom. The van der Waals surface area contributed by atoms with Crippen molar-refractivity contribution in [1.82, 2.24) is 10.2 Å². The van der Waals surface area contributed by atoms with E-state index in [4.69, 9.17) is 10.1 Å². The van der Waals surface area contributed by atoms with Crippen LogP contribution in [0.2, 0.25) is 0 Å². The second kappa shape index (κ2) is 5.43. The molecular formula is C8H15N3O3. The highest BCUT2D eigenvalue weighted by Crippen LogP contribution is 1.96. The summed E-state index contributed by atoms with van der Waals surface area (Å²) < 4.78 is 9.77. The third kappa shape index (κ3) is 3.21. The first-order valence-electron chi connectivity index (χ1n) is 4.59. The van der Waals surface area contributed by atoms with Gasteiger partial charge in [-0.25, -0.2) is 4.79 Å². The van der Waals surface area contributed by atoms with Gasteiger partial charge in [0.2, 0.25) is 5.96 Å². The average Bonchev–Trinajstić information content (AvgIpc) is 2.19. The maximum absolute atomic E-state index is 11.0. The molecule has 80 valence electrons. The highest BCUT2D eigenvalue weighted by atomic mass is 16.5. The van der Waals surface area contributed by atoms with Crippen molar-refractivity contribution in [3.63, 3.8) is 0 Å². The lowest BCUT2D eigenvalue weighted by molar-refractivity contribution is 0.0658. The standard InChI is InChI=1S/C8H15N3O3/c1-2-14-8(12)10-7(9)11-3-5-13-6-4-11/h2-6H2,1H3,(H2,9,10,12). The molecule has 6 nitrogen and oxygen atoms in total. The van der Waals surface area contributed by atoms with Crippen molar-refractivity contribution in [2.24, 2.45) is 0 Å². The number of guanidine groups is 1. The van der Waals surface area contributed by atoms with Crippen molar-refractivity contribution < 1.29 is 14.3 Å². The summed E-state index contributed by atoms with van der Waals surface area (Å²) in [5, 5.41) is 9.89. The molecule has 1 heterocycles. The predicted octanol–water partition coefficient (Wildman–Crippen LogP) is -0.000530. The molecule has 14 heavy (non-hydrogen) atoms. The molecule has 0 spiro atoms. The topological polar surface area (TPSA) is 74.7 Å². The van der Waals surface area contributed by atoms with Crippen molar-refractivity contribution in [1.29, 1.82) is 5.41 Å². The van der Waals surface area contributed by atoms with Gasteiger partial charge in [0.15, 0.2) is 0 Å². The lowest BCUT2D eigenvalue weighted by Crippen LogP contribution is -2.48. The van der Waals surface area contributed by atoms with Gasteiger partial charge in [0.25, 0.3) is 0 Å². The van der Waals surface area contributed by atoms with Gasteiger partial charge in [-0.2, -0.15) is 0 Å². The smallest absolute Gasteiger partial charge is 0.413 e. The van der Waals surface area contributed by atoms with Crippen LogP contribution in [0, 0.1) is 5.41 Å². The summed E-state index contributed by atoms with van der Waals surface area (Å²) in [5.74, 6) is 0.0757. The molecule has 1 aliphatic heterocycles. The third-order valence-electron chi connectivity index (χ3n) is 1.82. The van der Waals surface area contributed by atoms with E-state index < -0.39 is 6.09 Å². The quantitative estimate of drug-likeness (QED) is 0.462. The van der Waals surface area contributed by atoms with Crippen molar-refractivity contribution in [2.75, 3.05) is 32.9 Å². The number of morpholine rings is 1. The molecule has 0 bridgehead atoms. The summed E-state index contributed by atoms with van der Waals surface area (Å²) in [6.45, 7) is 4.47. The van der Waals surface area contributed by atoms with E-state index in [2.05, 4.69) is 10.1 Å². The highest BCUT2D eigenvalue weighted by molar-refractivity contribution is 5.92. The molecule has 0 aliphatic carbocycles. The summed E-state index contributed by atoms with van der Waals surface area (Å²) in [5.41, 5.74) is 0. The first-order chi connectivity index (χ1) is 6.74. The van der Waals surface area contributed by atoms with E-state index >= 15 is 0 Å². The van der Waals surface area contributed by atoms with E-state index in [0.29, 0.717) is 32.9 Å². The fourth-order valence-electron chi connectivity index (χ4n) is 1.13. The van der Waals surface area contributed by atoms with Gasteiger partial charge < -0.3 is 14.4 Å². The fourth-order valence-corrected chi connectivity index (χ4v) is 1.13. The summed E-state index contributed by atoms with van der Waals surface area (Å²) in [4.78, 5) is 12.7. The summed E-state index contributed by atoms with van der Waals surface area (Å²) in [7, 11) is 0. The van der Waals surface area contributed by atoms with Crippen molar-refractivity contribution in [2.45, 2.75) is 6.92 Å². The number of nitrogens with one attached hydrogen (secondary N) is 2. The van der Waals surface area contributed by atoms with Gasteiger partial charge >= 0.3 is 6.09 Å². The van der Waals surface area contributed by atoms with Crippen LogP contribution in [0.4, 0.5) is 4.79 Å². The molecule has 0 aromatic carbocycles. The molecule has 0 atom stereocenters. The summed E-state index contributed by atoms with van der Waals surface area (Å²) in [6.07, 6.45) is -0.580. The molecule has 1 fully saturated rings. The number of alkyl carbamates (subject to hydrolysis) is 1. The van der Waals surface area contributed by atoms with Crippen LogP contribution in [0.15, 0.2) is 0 Å². The zero-order valence-electron chi connectivity index (χ0n) is 8.21. The number of nitrogens with zero attached hydrogens (tertiary/aromatic N) is 1. The van der Waals surface area contributed by atoms with E-state index in [1.165, 1.54) is 0 Å². The van der Waals surface area contributed by atoms with E-state index in [1.807, 2.05) is 0 Å². The zero-order chi connectivity index (χ0) is 10.4. The molecule has 0 saturated carbocycles. The van der Waals surface area contributed by atoms with Gasteiger partial charge in [-0.05, 0) is 6.92 Å². The highest BCUT2D eigenvalue weighted by Gasteiger charge is 2.15. The first-order valence-corrected chi connectivity index (χ1v) is 4.59. The maximum Gasteiger partial charge on any atom is 0.413 e. The van der Waals surface area contributed by atoms with Crippen LogP contribution >= 0.6 is 0 Å². The zero-order valence-corrected chi connectivity index (χ0v) is 8.21. The molecule has 1 aliphatic rings. The number of rotatable bonds is 1. The largest absolute Gasteiger partial charge is 0.450 e. The second-order valence-electron chi connectivity index (χ2n) is 2.79. The van der Waals surface area contributed by atoms with Crippen molar-refractivity contribution >= 4 is 12.1 Å². The molecule has 2 N–H and O–H groups in total. The minimum Gasteiger partial charge on any atom is -0.450 e. The van der Waals surface area contributed by atoms with Gasteiger partial charge in [-0.3, -0.25) is 10.7 Å². The Kier molecular flexibility index (Phi) is 4.18. The summed E-state index contributed by atoms with van der Waals surface area (Å²) >= 11 is 0. The average molecular weight is 201 g/mol. The van der Waals surface area contributed by atoms with Crippen LogP contribution < -0.4 is 5.32 Å². The van der Waals surface area contributed by atoms with Gasteiger partial charge in [0.1, 0.15) is 0 Å². The van der Waals surface area contributed by atoms with E-state index in [0.717, 1.165) is 0 Å². The van der Waals surface area contributed by atoms with Crippen molar-refractivity contribution in [3.8, 4) is 0 Å². The number of ether oxygens (including phenoxy) is 2. The van der Waals surface area contributed by atoms with Crippen molar-refractivity contribution in [3.05, 3.63) is 0 Å². The molecule has 0 radical (unpaired) electrons. The number of carbonyl (C=O) groups excluding carboxylic acids is 1. The number of hydrogen-bond acceptors (Lipinski definition) is 4. The Morgan fingerprint density at radius 2 is 2.21 bits per heavy atom. The molecule has 6 heteroatoms. The molecule has 0 aromatic rings. The molecule has 1 amide bonds. The summed E-state index contributed by atoms with van der Waals surface area (Å²) in [6, 6.07) is 0. The lowest BCUT2D eigenvalue weighted by atomic mass is 10.4. The second-order valence-corrected chi connectivity index (χ2v) is 2.79. The van der Waals surface area contributed by atoms with Crippen LogP contribution in [0.5, 0.6) is 0 Å². The van der Waals surface area contributed by atoms with Crippen LogP contribution in [0.1, 0.15) is 6.92 Å².